The zero-order valence-electron chi connectivity index (χ0n) is 24.2. The van der Waals surface area contributed by atoms with Crippen LogP contribution in [0.3, 0.4) is 0 Å². The Hall–Kier alpha value is -3.26. The standard InChI is InChI=1S/C36H44N2/c1-35(2,3)25-37-23-27-13-11-16-30(21-27)32-18-8-10-20-34(32)38(26-36(4,5)6)24-28-14-12-15-29(22-28)31-17-7-9-19-33(31)37/h7-11,13-14,16-22H,12,15,23-26H2,1-6H3. The molecule has 1 aliphatic heterocycles. The number of hydrogen-bond donors (Lipinski definition) is 0. The van der Waals surface area contributed by atoms with E-state index in [0.717, 1.165) is 39.0 Å². The summed E-state index contributed by atoms with van der Waals surface area (Å²) in [6.07, 6.45) is 7.14. The highest BCUT2D eigenvalue weighted by molar-refractivity contribution is 5.82. The summed E-state index contributed by atoms with van der Waals surface area (Å²) >= 11 is 0. The monoisotopic (exact) mass is 504 g/mol. The lowest BCUT2D eigenvalue weighted by atomic mass is 9.89. The lowest BCUT2D eigenvalue weighted by Gasteiger charge is -2.36. The van der Waals surface area contributed by atoms with Crippen LogP contribution in [0.2, 0.25) is 0 Å². The summed E-state index contributed by atoms with van der Waals surface area (Å²) in [4.78, 5) is 5.22. The average molecular weight is 505 g/mol. The minimum atomic E-state index is 0.183. The highest BCUT2D eigenvalue weighted by Gasteiger charge is 2.24. The quantitative estimate of drug-likeness (QED) is 0.343. The van der Waals surface area contributed by atoms with Crippen molar-refractivity contribution in [3.05, 3.63) is 102 Å². The van der Waals surface area contributed by atoms with E-state index in [2.05, 4.69) is 136 Å². The van der Waals surface area contributed by atoms with Crippen molar-refractivity contribution >= 4 is 16.9 Å². The Morgan fingerprint density at radius 1 is 0.658 bits per heavy atom. The molecule has 0 amide bonds. The minimum absolute atomic E-state index is 0.183. The molecule has 0 N–H and O–H groups in total. The van der Waals surface area contributed by atoms with Crippen molar-refractivity contribution in [2.75, 3.05) is 29.4 Å². The number of rotatable bonds is 2. The predicted octanol–water partition coefficient (Wildman–Crippen LogP) is 9.38. The largest absolute Gasteiger partial charge is 0.366 e. The number of hydrogen-bond acceptors (Lipinski definition) is 2. The van der Waals surface area contributed by atoms with Crippen LogP contribution in [-0.2, 0) is 6.54 Å². The molecule has 3 aromatic carbocycles. The second-order valence-electron chi connectivity index (χ2n) is 13.6. The molecule has 0 saturated heterocycles. The van der Waals surface area contributed by atoms with Crippen molar-refractivity contribution in [2.45, 2.75) is 60.9 Å². The average Bonchev–Trinajstić information content (AvgIpc) is 2.86. The third-order valence-electron chi connectivity index (χ3n) is 7.33. The normalized spacial score (nSPS) is 16.2. The molecule has 0 saturated carbocycles. The van der Waals surface area contributed by atoms with E-state index in [1.165, 1.54) is 44.8 Å². The summed E-state index contributed by atoms with van der Waals surface area (Å²) in [7, 11) is 0. The van der Waals surface area contributed by atoms with Crippen LogP contribution in [0.5, 0.6) is 0 Å². The Morgan fingerprint density at radius 2 is 1.26 bits per heavy atom. The van der Waals surface area contributed by atoms with Crippen LogP contribution in [-0.4, -0.2) is 19.6 Å². The number of para-hydroxylation sites is 2. The first-order valence-electron chi connectivity index (χ1n) is 14.2. The van der Waals surface area contributed by atoms with Crippen molar-refractivity contribution in [3.8, 4) is 11.1 Å². The first-order valence-corrected chi connectivity index (χ1v) is 14.2. The first-order chi connectivity index (χ1) is 18.1. The second kappa shape index (κ2) is 10.5. The molecule has 2 nitrogen and oxygen atoms in total. The Kier molecular flexibility index (Phi) is 7.27. The number of allylic oxidation sites excluding steroid dienone is 2. The van der Waals surface area contributed by atoms with E-state index < -0.39 is 0 Å². The number of fused-ring (bicyclic) bond motifs is 7. The van der Waals surface area contributed by atoms with Gasteiger partial charge < -0.3 is 9.80 Å². The molecule has 1 heterocycles. The van der Waals surface area contributed by atoms with Crippen molar-refractivity contribution < 1.29 is 0 Å². The van der Waals surface area contributed by atoms with Gasteiger partial charge in [-0.25, -0.2) is 0 Å². The Balaban J connectivity index is 1.71. The van der Waals surface area contributed by atoms with Gasteiger partial charge in [-0.3, -0.25) is 0 Å². The van der Waals surface area contributed by atoms with Crippen LogP contribution in [0.25, 0.3) is 16.7 Å². The van der Waals surface area contributed by atoms with E-state index >= 15 is 0 Å². The van der Waals surface area contributed by atoms with E-state index in [4.69, 9.17) is 0 Å². The highest BCUT2D eigenvalue weighted by atomic mass is 15.1. The van der Waals surface area contributed by atoms with Gasteiger partial charge in [0.05, 0.1) is 0 Å². The van der Waals surface area contributed by atoms with Gasteiger partial charge in [0.15, 0.2) is 0 Å². The summed E-state index contributed by atoms with van der Waals surface area (Å²) in [5.74, 6) is 0. The molecule has 0 aromatic heterocycles. The Labute approximate surface area is 230 Å². The summed E-state index contributed by atoms with van der Waals surface area (Å²) in [6, 6.07) is 27.3. The molecule has 2 heteroatoms. The zero-order valence-corrected chi connectivity index (χ0v) is 24.2. The van der Waals surface area contributed by atoms with Gasteiger partial charge in [-0.2, -0.15) is 0 Å². The van der Waals surface area contributed by atoms with Gasteiger partial charge in [-0.05, 0) is 64.1 Å². The van der Waals surface area contributed by atoms with E-state index in [-0.39, 0.29) is 10.8 Å². The van der Waals surface area contributed by atoms with Crippen LogP contribution in [0.4, 0.5) is 11.4 Å². The first kappa shape index (κ1) is 26.4. The van der Waals surface area contributed by atoms with Gasteiger partial charge >= 0.3 is 0 Å². The van der Waals surface area contributed by atoms with Crippen LogP contribution in [0.15, 0.2) is 90.5 Å². The van der Waals surface area contributed by atoms with Crippen LogP contribution in [0.1, 0.15) is 65.5 Å². The molecular formula is C36H44N2. The molecule has 38 heavy (non-hydrogen) atoms. The fraction of sp³-hybridized carbons (Fsp3) is 0.389. The van der Waals surface area contributed by atoms with Gasteiger partial charge in [0, 0.05) is 48.7 Å². The molecule has 0 atom stereocenters. The van der Waals surface area contributed by atoms with Crippen molar-refractivity contribution in [1.29, 1.82) is 0 Å². The van der Waals surface area contributed by atoms with Gasteiger partial charge in [0.2, 0.25) is 0 Å². The summed E-state index contributed by atoms with van der Waals surface area (Å²) in [5, 5.41) is 0. The van der Waals surface area contributed by atoms with E-state index in [1.807, 2.05) is 0 Å². The van der Waals surface area contributed by atoms with E-state index in [0.29, 0.717) is 0 Å². The van der Waals surface area contributed by atoms with Gasteiger partial charge in [-0.1, -0.05) is 108 Å². The molecule has 0 spiro atoms. The highest BCUT2D eigenvalue weighted by Crippen LogP contribution is 2.38. The van der Waals surface area contributed by atoms with Crippen LogP contribution < -0.4 is 9.80 Å². The zero-order chi connectivity index (χ0) is 26.9. The molecule has 1 aliphatic carbocycles. The van der Waals surface area contributed by atoms with Gasteiger partial charge in [0.1, 0.15) is 0 Å². The Morgan fingerprint density at radius 3 is 1.95 bits per heavy atom. The fourth-order valence-corrected chi connectivity index (χ4v) is 5.98. The molecule has 0 radical (unpaired) electrons. The number of benzene rings is 3. The summed E-state index contributed by atoms with van der Waals surface area (Å²) in [5.41, 5.74) is 11.3. The SMILES string of the molecule is CC(C)(C)CN1Cc2cccc(c2)-c2ccccc2N(CC(C)(C)C)CC2=CCCC(=C2)c2ccccc21. The smallest absolute Gasteiger partial charge is 0.0449 e. The fourth-order valence-electron chi connectivity index (χ4n) is 5.98. The molecule has 2 aliphatic rings. The maximum atomic E-state index is 2.61. The number of nitrogens with zero attached hydrogens (tertiary/aromatic N) is 2. The Bertz CT molecular complexity index is 1350. The predicted molar refractivity (Wildman–Crippen MR) is 166 cm³/mol. The molecule has 0 fully saturated rings. The second-order valence-corrected chi connectivity index (χ2v) is 13.6. The molecule has 198 valence electrons. The van der Waals surface area contributed by atoms with Crippen molar-refractivity contribution in [1.82, 2.24) is 0 Å². The van der Waals surface area contributed by atoms with Crippen molar-refractivity contribution in [3.63, 3.8) is 0 Å². The molecule has 4 bridgehead atoms. The third kappa shape index (κ3) is 6.23. The van der Waals surface area contributed by atoms with Gasteiger partial charge in [0.25, 0.3) is 0 Å². The lowest BCUT2D eigenvalue weighted by Crippen LogP contribution is -2.35. The topological polar surface area (TPSA) is 6.48 Å². The van der Waals surface area contributed by atoms with Crippen LogP contribution in [0, 0.1) is 10.8 Å². The van der Waals surface area contributed by atoms with E-state index in [9.17, 15) is 0 Å². The third-order valence-corrected chi connectivity index (χ3v) is 7.33. The molecule has 3 aromatic rings. The maximum absolute atomic E-state index is 2.61. The lowest BCUT2D eigenvalue weighted by molar-refractivity contribution is 0.408. The molecule has 0 unspecified atom stereocenters. The summed E-state index contributed by atoms with van der Waals surface area (Å²) < 4.78 is 0. The van der Waals surface area contributed by atoms with Gasteiger partial charge in [-0.15, -0.1) is 0 Å². The summed E-state index contributed by atoms with van der Waals surface area (Å²) in [6.45, 7) is 17.9. The van der Waals surface area contributed by atoms with Crippen molar-refractivity contribution in [2.24, 2.45) is 10.8 Å². The molecular weight excluding hydrogens is 460 g/mol. The minimum Gasteiger partial charge on any atom is -0.366 e. The van der Waals surface area contributed by atoms with E-state index in [1.54, 1.807) is 0 Å². The number of anilines is 2. The van der Waals surface area contributed by atoms with Crippen LogP contribution >= 0.6 is 0 Å². The molecule has 5 rings (SSSR count). The maximum Gasteiger partial charge on any atom is 0.0449 e.